The van der Waals surface area contributed by atoms with Crippen LogP contribution in [0.3, 0.4) is 0 Å². The summed E-state index contributed by atoms with van der Waals surface area (Å²) in [6.45, 7) is 5.57. The van der Waals surface area contributed by atoms with Crippen LogP contribution in [-0.2, 0) is 7.05 Å². The Balaban J connectivity index is 0.000000211. The van der Waals surface area contributed by atoms with Crippen LogP contribution in [0.15, 0.2) is 41.2 Å². The van der Waals surface area contributed by atoms with Gasteiger partial charge in [0.2, 0.25) is 0 Å². The summed E-state index contributed by atoms with van der Waals surface area (Å²) in [7, 11) is 1.57. The number of piperazine rings is 1. The maximum absolute atomic E-state index is 11.4. The van der Waals surface area contributed by atoms with Gasteiger partial charge in [-0.2, -0.15) is 5.10 Å². The molecule has 1 aliphatic heterocycles. The SMILES string of the molecule is C[C@@H]1CNCCN1.Cn1nc(Cl)c(-c2ccccc2)cc1=O. The summed E-state index contributed by atoms with van der Waals surface area (Å²) in [6.07, 6.45) is 0. The normalized spacial score (nSPS) is 17.5. The lowest BCUT2D eigenvalue weighted by Gasteiger charge is -2.19. The number of aromatic nitrogens is 2. The fourth-order valence-corrected chi connectivity index (χ4v) is 2.41. The van der Waals surface area contributed by atoms with Crippen LogP contribution in [0.4, 0.5) is 0 Å². The first-order valence-electron chi connectivity index (χ1n) is 7.31. The molecule has 0 unspecified atom stereocenters. The number of aryl methyl sites for hydroxylation is 1. The Morgan fingerprint density at radius 3 is 2.55 bits per heavy atom. The fraction of sp³-hybridized carbons (Fsp3) is 0.375. The van der Waals surface area contributed by atoms with Crippen molar-refractivity contribution in [3.8, 4) is 11.1 Å². The van der Waals surface area contributed by atoms with Crippen molar-refractivity contribution in [1.29, 1.82) is 0 Å². The first-order valence-corrected chi connectivity index (χ1v) is 7.69. The predicted molar refractivity (Wildman–Crippen MR) is 90.3 cm³/mol. The quantitative estimate of drug-likeness (QED) is 0.839. The molecule has 1 fully saturated rings. The highest BCUT2D eigenvalue weighted by Crippen LogP contribution is 2.23. The van der Waals surface area contributed by atoms with Crippen LogP contribution in [0.5, 0.6) is 0 Å². The van der Waals surface area contributed by atoms with E-state index in [1.807, 2.05) is 30.3 Å². The second kappa shape index (κ2) is 8.08. The van der Waals surface area contributed by atoms with Gasteiger partial charge in [0.1, 0.15) is 0 Å². The third-order valence-corrected chi connectivity index (χ3v) is 3.66. The number of hydrogen-bond acceptors (Lipinski definition) is 4. The minimum atomic E-state index is -0.168. The largest absolute Gasteiger partial charge is 0.314 e. The van der Waals surface area contributed by atoms with Gasteiger partial charge in [0, 0.05) is 44.4 Å². The second-order valence-corrected chi connectivity index (χ2v) is 5.59. The van der Waals surface area contributed by atoms with E-state index in [1.165, 1.54) is 10.7 Å². The molecule has 2 N–H and O–H groups in total. The molecule has 2 heterocycles. The van der Waals surface area contributed by atoms with Crippen molar-refractivity contribution in [2.45, 2.75) is 13.0 Å². The van der Waals surface area contributed by atoms with Gasteiger partial charge >= 0.3 is 0 Å². The topological polar surface area (TPSA) is 58.9 Å². The van der Waals surface area contributed by atoms with Gasteiger partial charge in [0.15, 0.2) is 5.15 Å². The van der Waals surface area contributed by atoms with Crippen LogP contribution in [0.1, 0.15) is 6.92 Å². The lowest BCUT2D eigenvalue weighted by Crippen LogP contribution is -2.46. The van der Waals surface area contributed by atoms with E-state index in [4.69, 9.17) is 11.6 Å². The van der Waals surface area contributed by atoms with Crippen LogP contribution >= 0.6 is 11.6 Å². The molecule has 5 nitrogen and oxygen atoms in total. The first kappa shape index (κ1) is 16.7. The fourth-order valence-electron chi connectivity index (χ4n) is 2.13. The monoisotopic (exact) mass is 320 g/mol. The molecule has 0 aliphatic carbocycles. The molecule has 118 valence electrons. The Morgan fingerprint density at radius 2 is 2.00 bits per heavy atom. The highest BCUT2D eigenvalue weighted by molar-refractivity contribution is 6.32. The van der Waals surface area contributed by atoms with Gasteiger partial charge in [-0.25, -0.2) is 4.68 Å². The van der Waals surface area contributed by atoms with Gasteiger partial charge in [0.05, 0.1) is 0 Å². The lowest BCUT2D eigenvalue weighted by molar-refractivity contribution is 0.442. The summed E-state index contributed by atoms with van der Waals surface area (Å²) in [5, 5.41) is 10.8. The Bertz CT molecular complexity index is 651. The average molecular weight is 321 g/mol. The van der Waals surface area contributed by atoms with Crippen molar-refractivity contribution in [3.05, 3.63) is 51.9 Å². The second-order valence-electron chi connectivity index (χ2n) is 5.24. The van der Waals surface area contributed by atoms with Crippen molar-refractivity contribution in [2.24, 2.45) is 7.05 Å². The van der Waals surface area contributed by atoms with E-state index in [0.717, 1.165) is 25.2 Å². The van der Waals surface area contributed by atoms with E-state index < -0.39 is 0 Å². The van der Waals surface area contributed by atoms with E-state index in [2.05, 4.69) is 22.7 Å². The highest BCUT2D eigenvalue weighted by Gasteiger charge is 2.06. The summed E-state index contributed by atoms with van der Waals surface area (Å²) >= 11 is 5.97. The van der Waals surface area contributed by atoms with Crippen LogP contribution in [0.25, 0.3) is 11.1 Å². The zero-order valence-electron chi connectivity index (χ0n) is 12.8. The third kappa shape index (κ3) is 4.66. The van der Waals surface area contributed by atoms with Crippen LogP contribution in [-0.4, -0.2) is 35.5 Å². The smallest absolute Gasteiger partial charge is 0.267 e. The van der Waals surface area contributed by atoms with Crippen molar-refractivity contribution in [2.75, 3.05) is 19.6 Å². The molecule has 1 aromatic carbocycles. The molecule has 0 amide bonds. The Morgan fingerprint density at radius 1 is 1.27 bits per heavy atom. The lowest BCUT2D eigenvalue weighted by atomic mass is 10.1. The molecule has 1 aromatic heterocycles. The molecule has 6 heteroatoms. The number of benzene rings is 1. The van der Waals surface area contributed by atoms with Gasteiger partial charge < -0.3 is 10.6 Å². The maximum atomic E-state index is 11.4. The van der Waals surface area contributed by atoms with E-state index in [9.17, 15) is 4.79 Å². The Kier molecular flexibility index (Phi) is 6.12. The van der Waals surface area contributed by atoms with E-state index in [1.54, 1.807) is 7.05 Å². The average Bonchev–Trinajstić information content (AvgIpc) is 2.53. The number of nitrogens with zero attached hydrogens (tertiary/aromatic N) is 2. The summed E-state index contributed by atoms with van der Waals surface area (Å²) < 4.78 is 1.22. The minimum absolute atomic E-state index is 0.168. The van der Waals surface area contributed by atoms with Gasteiger partial charge in [-0.15, -0.1) is 0 Å². The third-order valence-electron chi connectivity index (χ3n) is 3.38. The number of hydrogen-bond donors (Lipinski definition) is 2. The van der Waals surface area contributed by atoms with Gasteiger partial charge in [-0.05, 0) is 12.5 Å². The zero-order chi connectivity index (χ0) is 15.9. The summed E-state index contributed by atoms with van der Waals surface area (Å²) in [5.74, 6) is 0. The summed E-state index contributed by atoms with van der Waals surface area (Å²) in [6, 6.07) is 11.6. The minimum Gasteiger partial charge on any atom is -0.314 e. The van der Waals surface area contributed by atoms with Crippen molar-refractivity contribution in [1.82, 2.24) is 20.4 Å². The molecular formula is C16H21ClN4O. The molecule has 0 bridgehead atoms. The van der Waals surface area contributed by atoms with Crippen molar-refractivity contribution < 1.29 is 0 Å². The molecule has 1 atom stereocenters. The number of nitrogens with one attached hydrogen (secondary N) is 2. The predicted octanol–water partition coefficient (Wildman–Crippen LogP) is 1.67. The summed E-state index contributed by atoms with van der Waals surface area (Å²) in [4.78, 5) is 11.4. The molecule has 0 saturated carbocycles. The van der Waals surface area contributed by atoms with E-state index in [0.29, 0.717) is 16.8 Å². The molecular weight excluding hydrogens is 300 g/mol. The van der Waals surface area contributed by atoms with Crippen molar-refractivity contribution in [3.63, 3.8) is 0 Å². The van der Waals surface area contributed by atoms with Gasteiger partial charge in [-0.1, -0.05) is 41.9 Å². The highest BCUT2D eigenvalue weighted by atomic mass is 35.5. The van der Waals surface area contributed by atoms with Crippen LogP contribution in [0.2, 0.25) is 5.15 Å². The molecule has 2 aromatic rings. The zero-order valence-corrected chi connectivity index (χ0v) is 13.6. The van der Waals surface area contributed by atoms with Gasteiger partial charge in [-0.3, -0.25) is 4.79 Å². The number of rotatable bonds is 1. The molecule has 0 spiro atoms. The first-order chi connectivity index (χ1) is 10.6. The standard InChI is InChI=1S/C11H9ClN2O.C5H12N2/c1-14-10(15)7-9(11(12)13-14)8-5-3-2-4-6-8;1-5-4-6-2-3-7-5/h2-7H,1H3;5-7H,2-4H2,1H3/t;5-/m.1/s1. The Hall–Kier alpha value is -1.69. The van der Waals surface area contributed by atoms with E-state index >= 15 is 0 Å². The summed E-state index contributed by atoms with van der Waals surface area (Å²) in [5.41, 5.74) is 1.39. The maximum Gasteiger partial charge on any atom is 0.267 e. The van der Waals surface area contributed by atoms with Crippen LogP contribution < -0.4 is 16.2 Å². The molecule has 1 saturated heterocycles. The molecule has 1 aliphatic rings. The van der Waals surface area contributed by atoms with Crippen molar-refractivity contribution >= 4 is 11.6 Å². The molecule has 0 radical (unpaired) electrons. The molecule has 3 rings (SSSR count). The van der Waals surface area contributed by atoms with Crippen LogP contribution in [0, 0.1) is 0 Å². The Labute approximate surface area is 135 Å². The molecule has 22 heavy (non-hydrogen) atoms. The van der Waals surface area contributed by atoms with Gasteiger partial charge in [0.25, 0.3) is 5.56 Å². The number of halogens is 1. The van der Waals surface area contributed by atoms with E-state index in [-0.39, 0.29) is 5.56 Å².